The van der Waals surface area contributed by atoms with Crippen LogP contribution < -0.4 is 0 Å². The van der Waals surface area contributed by atoms with Gasteiger partial charge in [0.1, 0.15) is 0 Å². The highest BCUT2D eigenvalue weighted by Crippen LogP contribution is 2.33. The van der Waals surface area contributed by atoms with Crippen molar-refractivity contribution in [1.29, 1.82) is 0 Å². The summed E-state index contributed by atoms with van der Waals surface area (Å²) in [6.45, 7) is 8.22. The van der Waals surface area contributed by atoms with Gasteiger partial charge in [0, 0.05) is 23.4 Å². The fourth-order valence-corrected chi connectivity index (χ4v) is 3.48. The second-order valence-corrected chi connectivity index (χ2v) is 6.40. The van der Waals surface area contributed by atoms with Gasteiger partial charge in [0.05, 0.1) is 6.54 Å². The minimum atomic E-state index is 0.319. The van der Waals surface area contributed by atoms with E-state index in [0.29, 0.717) is 12.0 Å². The molecule has 0 aliphatic carbocycles. The van der Waals surface area contributed by atoms with Crippen LogP contribution in [0.4, 0.5) is 0 Å². The maximum atomic E-state index is 5.35. The molecule has 3 heterocycles. The van der Waals surface area contributed by atoms with Gasteiger partial charge in [-0.3, -0.25) is 4.90 Å². The van der Waals surface area contributed by atoms with Crippen LogP contribution in [-0.2, 0) is 13.0 Å². The lowest BCUT2D eigenvalue weighted by Gasteiger charge is -2.32. The molecule has 4 nitrogen and oxygen atoms in total. The molecule has 2 aromatic heterocycles. The highest BCUT2D eigenvalue weighted by Gasteiger charge is 2.26. The maximum absolute atomic E-state index is 5.35. The third kappa shape index (κ3) is 2.44. The van der Waals surface area contributed by atoms with E-state index in [1.165, 1.54) is 10.4 Å². The van der Waals surface area contributed by atoms with Crippen molar-refractivity contribution in [3.8, 4) is 0 Å². The van der Waals surface area contributed by atoms with Gasteiger partial charge < -0.3 is 4.52 Å². The van der Waals surface area contributed by atoms with Crippen molar-refractivity contribution in [2.75, 3.05) is 6.54 Å². The Kier molecular flexibility index (Phi) is 3.41. The second kappa shape index (κ2) is 5.06. The van der Waals surface area contributed by atoms with Gasteiger partial charge in [-0.1, -0.05) is 19.0 Å². The molecular formula is C14H19N3OS. The third-order valence-corrected chi connectivity index (χ3v) is 4.74. The zero-order valence-electron chi connectivity index (χ0n) is 11.6. The first-order valence-electron chi connectivity index (χ1n) is 6.78. The van der Waals surface area contributed by atoms with Gasteiger partial charge in [-0.2, -0.15) is 4.98 Å². The number of rotatable bonds is 3. The molecule has 19 heavy (non-hydrogen) atoms. The van der Waals surface area contributed by atoms with Gasteiger partial charge in [-0.25, -0.2) is 0 Å². The molecule has 1 aliphatic rings. The Morgan fingerprint density at radius 2 is 2.37 bits per heavy atom. The van der Waals surface area contributed by atoms with Crippen molar-refractivity contribution in [1.82, 2.24) is 15.0 Å². The van der Waals surface area contributed by atoms with Crippen LogP contribution in [0.15, 0.2) is 16.0 Å². The Balaban J connectivity index is 1.73. The summed E-state index contributed by atoms with van der Waals surface area (Å²) >= 11 is 1.87. The number of hydrogen-bond donors (Lipinski definition) is 0. The third-order valence-electron chi connectivity index (χ3n) is 3.74. The molecule has 2 aromatic rings. The van der Waals surface area contributed by atoms with E-state index in [1.807, 2.05) is 11.3 Å². The van der Waals surface area contributed by atoms with Crippen LogP contribution in [-0.4, -0.2) is 21.6 Å². The first-order chi connectivity index (χ1) is 9.15. The second-order valence-electron chi connectivity index (χ2n) is 5.40. The first kappa shape index (κ1) is 12.8. The molecule has 3 rings (SSSR count). The first-order valence-corrected chi connectivity index (χ1v) is 7.66. The minimum Gasteiger partial charge on any atom is -0.338 e. The van der Waals surface area contributed by atoms with Crippen LogP contribution in [0.2, 0.25) is 0 Å². The molecular weight excluding hydrogens is 258 g/mol. The standard InChI is InChI=1S/C14H19N3OS/c1-9(2)14-15-13(18-16-14)8-17-6-4-12-11(10(17)3)5-7-19-12/h5,7,9-10H,4,6,8H2,1-3H3/t10-/m1/s1. The van der Waals surface area contributed by atoms with Gasteiger partial charge in [0.15, 0.2) is 5.82 Å². The Bertz CT molecular complexity index is 561. The van der Waals surface area contributed by atoms with Crippen molar-refractivity contribution in [3.63, 3.8) is 0 Å². The maximum Gasteiger partial charge on any atom is 0.240 e. The summed E-state index contributed by atoms with van der Waals surface area (Å²) < 4.78 is 5.35. The predicted molar refractivity (Wildman–Crippen MR) is 75.2 cm³/mol. The molecule has 0 radical (unpaired) electrons. The van der Waals surface area contributed by atoms with Crippen molar-refractivity contribution in [3.05, 3.63) is 33.6 Å². The van der Waals surface area contributed by atoms with E-state index in [9.17, 15) is 0 Å². The van der Waals surface area contributed by atoms with E-state index in [-0.39, 0.29) is 0 Å². The van der Waals surface area contributed by atoms with Crippen molar-refractivity contribution in [2.24, 2.45) is 0 Å². The highest BCUT2D eigenvalue weighted by atomic mass is 32.1. The molecule has 0 saturated heterocycles. The van der Waals surface area contributed by atoms with Gasteiger partial charge >= 0.3 is 0 Å². The largest absolute Gasteiger partial charge is 0.338 e. The summed E-state index contributed by atoms with van der Waals surface area (Å²) in [4.78, 5) is 8.40. The van der Waals surface area contributed by atoms with E-state index >= 15 is 0 Å². The summed E-state index contributed by atoms with van der Waals surface area (Å²) in [5.41, 5.74) is 1.46. The average molecular weight is 277 g/mol. The van der Waals surface area contributed by atoms with Gasteiger partial charge in [0.2, 0.25) is 5.89 Å². The Labute approximate surface area is 117 Å². The Morgan fingerprint density at radius 3 is 3.11 bits per heavy atom. The normalized spacial score (nSPS) is 19.9. The molecule has 102 valence electrons. The summed E-state index contributed by atoms with van der Waals surface area (Å²) in [7, 11) is 0. The van der Waals surface area contributed by atoms with Crippen LogP contribution >= 0.6 is 11.3 Å². The minimum absolute atomic E-state index is 0.319. The van der Waals surface area contributed by atoms with Crippen LogP contribution in [0.5, 0.6) is 0 Å². The molecule has 0 spiro atoms. The molecule has 0 N–H and O–H groups in total. The summed E-state index contributed by atoms with van der Waals surface area (Å²) in [5.74, 6) is 1.85. The van der Waals surface area contributed by atoms with Gasteiger partial charge in [-0.05, 0) is 30.4 Å². The quantitative estimate of drug-likeness (QED) is 0.862. The fraction of sp³-hybridized carbons (Fsp3) is 0.571. The van der Waals surface area contributed by atoms with Crippen molar-refractivity contribution in [2.45, 2.75) is 45.7 Å². The molecule has 5 heteroatoms. The molecule has 0 bridgehead atoms. The van der Waals surface area contributed by atoms with Crippen molar-refractivity contribution < 1.29 is 4.52 Å². The SMILES string of the molecule is CC(C)c1noc(CN2CCc3sccc3[C@H]2C)n1. The Hall–Kier alpha value is -1.20. The van der Waals surface area contributed by atoms with Crippen molar-refractivity contribution >= 4 is 11.3 Å². The average Bonchev–Trinajstić information content (AvgIpc) is 3.01. The van der Waals surface area contributed by atoms with E-state index in [1.54, 1.807) is 0 Å². The van der Waals surface area contributed by atoms with E-state index in [4.69, 9.17) is 4.52 Å². The smallest absolute Gasteiger partial charge is 0.240 e. The molecule has 0 unspecified atom stereocenters. The van der Waals surface area contributed by atoms with Crippen LogP contribution in [0.3, 0.4) is 0 Å². The number of thiophene rings is 1. The molecule has 0 aromatic carbocycles. The molecule has 0 fully saturated rings. The van der Waals surface area contributed by atoms with Crippen LogP contribution in [0, 0.1) is 0 Å². The summed E-state index contributed by atoms with van der Waals surface area (Å²) in [6, 6.07) is 2.67. The predicted octanol–water partition coefficient (Wildman–Crippen LogP) is 3.37. The number of fused-ring (bicyclic) bond motifs is 1. The number of aromatic nitrogens is 2. The monoisotopic (exact) mass is 277 g/mol. The zero-order chi connectivity index (χ0) is 13.4. The van der Waals surface area contributed by atoms with Gasteiger partial charge in [0.25, 0.3) is 0 Å². The topological polar surface area (TPSA) is 42.2 Å². The molecule has 0 saturated carbocycles. The number of nitrogens with zero attached hydrogens (tertiary/aromatic N) is 3. The van der Waals surface area contributed by atoms with E-state index in [2.05, 4.69) is 47.3 Å². The Morgan fingerprint density at radius 1 is 1.53 bits per heavy atom. The number of hydrogen-bond acceptors (Lipinski definition) is 5. The molecule has 0 amide bonds. The summed E-state index contributed by atoms with van der Waals surface area (Å²) in [6.07, 6.45) is 1.13. The highest BCUT2D eigenvalue weighted by molar-refractivity contribution is 7.10. The van der Waals surface area contributed by atoms with Crippen LogP contribution in [0.25, 0.3) is 0 Å². The lowest BCUT2D eigenvalue weighted by molar-refractivity contribution is 0.167. The summed E-state index contributed by atoms with van der Waals surface area (Å²) in [5, 5.41) is 6.22. The zero-order valence-corrected chi connectivity index (χ0v) is 12.4. The lowest BCUT2D eigenvalue weighted by Crippen LogP contribution is -2.32. The molecule has 1 aliphatic heterocycles. The molecule has 1 atom stereocenters. The lowest BCUT2D eigenvalue weighted by atomic mass is 10.0. The van der Waals surface area contributed by atoms with Gasteiger partial charge in [-0.15, -0.1) is 11.3 Å². The van der Waals surface area contributed by atoms with Crippen LogP contribution in [0.1, 0.15) is 54.9 Å². The van der Waals surface area contributed by atoms with E-state index in [0.717, 1.165) is 31.2 Å². The van der Waals surface area contributed by atoms with E-state index < -0.39 is 0 Å². The fourth-order valence-electron chi connectivity index (χ4n) is 2.52.